The molecule has 0 radical (unpaired) electrons. The lowest BCUT2D eigenvalue weighted by Gasteiger charge is -2.07. The molecule has 27 heavy (non-hydrogen) atoms. The second-order valence-electron chi connectivity index (χ2n) is 5.81. The van der Waals surface area contributed by atoms with Crippen LogP contribution in [0.25, 0.3) is 0 Å². The van der Waals surface area contributed by atoms with Gasteiger partial charge in [-0.2, -0.15) is 5.10 Å². The van der Waals surface area contributed by atoms with Crippen molar-refractivity contribution < 1.29 is 19.1 Å². The van der Waals surface area contributed by atoms with Gasteiger partial charge >= 0.3 is 5.97 Å². The first-order valence-electron chi connectivity index (χ1n) is 8.40. The minimum Gasteiger partial charge on any atom is -0.461 e. The minimum absolute atomic E-state index is 0.127. The molecule has 2 rings (SSSR count). The number of nitrogens with one attached hydrogen (secondary N) is 1. The lowest BCUT2D eigenvalue weighted by Crippen LogP contribution is -2.27. The summed E-state index contributed by atoms with van der Waals surface area (Å²) >= 11 is 0. The topological polar surface area (TPSA) is 111 Å². The van der Waals surface area contributed by atoms with Crippen molar-refractivity contribution in [3.8, 4) is 0 Å². The third-order valence-corrected chi connectivity index (χ3v) is 3.68. The van der Waals surface area contributed by atoms with Crippen molar-refractivity contribution in [2.75, 3.05) is 12.3 Å². The Hall–Kier alpha value is -3.48. The number of nitrogens with zero attached hydrogens (tertiary/aromatic N) is 1. The van der Waals surface area contributed by atoms with Crippen LogP contribution in [0.4, 0.5) is 5.69 Å². The molecule has 2 aromatic carbocycles. The van der Waals surface area contributed by atoms with Crippen LogP contribution in [0.2, 0.25) is 0 Å². The number of Topliss-reactive ketones (excluding diaryl/α,β-unsaturated/α-hetero) is 1. The van der Waals surface area contributed by atoms with Crippen LogP contribution in [0.1, 0.15) is 39.6 Å². The van der Waals surface area contributed by atoms with Crippen molar-refractivity contribution in [3.63, 3.8) is 0 Å². The summed E-state index contributed by atoms with van der Waals surface area (Å²) in [6.07, 6.45) is -0.288. The van der Waals surface area contributed by atoms with E-state index in [4.69, 9.17) is 10.5 Å². The van der Waals surface area contributed by atoms with E-state index in [0.29, 0.717) is 16.8 Å². The summed E-state index contributed by atoms with van der Waals surface area (Å²) in [6, 6.07) is 13.2. The van der Waals surface area contributed by atoms with Gasteiger partial charge in [-0.1, -0.05) is 29.8 Å². The second kappa shape index (κ2) is 9.28. The van der Waals surface area contributed by atoms with Crippen LogP contribution in [-0.4, -0.2) is 30.0 Å². The smallest absolute Gasteiger partial charge is 0.354 e. The van der Waals surface area contributed by atoms with Gasteiger partial charge in [-0.15, -0.1) is 0 Å². The van der Waals surface area contributed by atoms with Crippen LogP contribution < -0.4 is 11.2 Å². The standard InChI is InChI=1S/C20H21N3O4/c1-3-27-20(26)17(12-18(24)14-6-4-13(2)5-7-14)22-23-19(25)15-8-10-16(21)11-9-15/h4-11H,3,12,21H2,1-2H3,(H,23,25). The summed E-state index contributed by atoms with van der Waals surface area (Å²) in [5, 5.41) is 3.81. The van der Waals surface area contributed by atoms with Gasteiger partial charge in [0.2, 0.25) is 0 Å². The van der Waals surface area contributed by atoms with Gasteiger partial charge in [-0.25, -0.2) is 10.2 Å². The SMILES string of the molecule is CCOC(=O)C(CC(=O)c1ccc(C)cc1)=NNC(=O)c1ccc(N)cc1. The number of esters is 1. The largest absolute Gasteiger partial charge is 0.461 e. The third kappa shape index (κ3) is 5.78. The molecule has 0 spiro atoms. The molecule has 0 saturated carbocycles. The Morgan fingerprint density at radius 3 is 2.19 bits per heavy atom. The van der Waals surface area contributed by atoms with Crippen LogP contribution in [0.15, 0.2) is 53.6 Å². The van der Waals surface area contributed by atoms with Gasteiger partial charge in [0.25, 0.3) is 5.91 Å². The fourth-order valence-corrected chi connectivity index (χ4v) is 2.18. The number of rotatable bonds is 7. The zero-order chi connectivity index (χ0) is 19.8. The molecular formula is C20H21N3O4. The molecule has 140 valence electrons. The Bertz CT molecular complexity index is 856. The van der Waals surface area contributed by atoms with Gasteiger partial charge in [0, 0.05) is 16.8 Å². The number of hydrogen-bond donors (Lipinski definition) is 2. The predicted octanol–water partition coefficient (Wildman–Crippen LogP) is 2.50. The number of nitrogen functional groups attached to an aromatic ring is 1. The molecule has 0 atom stereocenters. The molecule has 0 saturated heterocycles. The van der Waals surface area contributed by atoms with Crippen LogP contribution in [-0.2, 0) is 9.53 Å². The highest BCUT2D eigenvalue weighted by atomic mass is 16.5. The Morgan fingerprint density at radius 1 is 1.00 bits per heavy atom. The summed E-state index contributed by atoms with van der Waals surface area (Å²) in [7, 11) is 0. The number of hydrogen-bond acceptors (Lipinski definition) is 6. The highest BCUT2D eigenvalue weighted by Crippen LogP contribution is 2.08. The third-order valence-electron chi connectivity index (χ3n) is 3.68. The number of ketones is 1. The van der Waals surface area contributed by atoms with E-state index in [1.165, 1.54) is 12.1 Å². The molecule has 7 nitrogen and oxygen atoms in total. The molecule has 0 aliphatic rings. The van der Waals surface area contributed by atoms with Gasteiger partial charge in [0.05, 0.1) is 13.0 Å². The molecule has 0 aliphatic heterocycles. The molecule has 0 aliphatic carbocycles. The molecule has 3 N–H and O–H groups in total. The first-order valence-corrected chi connectivity index (χ1v) is 8.40. The van der Waals surface area contributed by atoms with E-state index >= 15 is 0 Å². The maximum Gasteiger partial charge on any atom is 0.354 e. The van der Waals surface area contributed by atoms with E-state index in [-0.39, 0.29) is 24.5 Å². The number of carbonyl (C=O) groups is 3. The Morgan fingerprint density at radius 2 is 1.59 bits per heavy atom. The van der Waals surface area contributed by atoms with Crippen LogP contribution >= 0.6 is 0 Å². The number of aryl methyl sites for hydroxylation is 1. The first-order chi connectivity index (χ1) is 12.9. The van der Waals surface area contributed by atoms with Gasteiger partial charge in [0.15, 0.2) is 11.5 Å². The first kappa shape index (κ1) is 19.8. The van der Waals surface area contributed by atoms with E-state index in [2.05, 4.69) is 10.5 Å². The average Bonchev–Trinajstić information content (AvgIpc) is 2.66. The predicted molar refractivity (Wildman–Crippen MR) is 103 cm³/mol. The van der Waals surface area contributed by atoms with E-state index in [0.717, 1.165) is 5.56 Å². The summed E-state index contributed by atoms with van der Waals surface area (Å²) in [4.78, 5) is 36.6. The van der Waals surface area contributed by atoms with Crippen molar-refractivity contribution in [2.24, 2.45) is 5.10 Å². The van der Waals surface area contributed by atoms with E-state index in [1.807, 2.05) is 6.92 Å². The van der Waals surface area contributed by atoms with Crippen molar-refractivity contribution in [1.82, 2.24) is 5.43 Å². The molecule has 7 heteroatoms. The lowest BCUT2D eigenvalue weighted by molar-refractivity contribution is -0.135. The Kier molecular flexibility index (Phi) is 6.82. The Balaban J connectivity index is 2.15. The van der Waals surface area contributed by atoms with Crippen molar-refractivity contribution in [2.45, 2.75) is 20.3 Å². The number of ether oxygens (including phenoxy) is 1. The van der Waals surface area contributed by atoms with Crippen LogP contribution in [0.5, 0.6) is 0 Å². The Labute approximate surface area is 157 Å². The quantitative estimate of drug-likeness (QED) is 0.257. The van der Waals surface area contributed by atoms with Crippen molar-refractivity contribution >= 4 is 29.1 Å². The molecule has 0 bridgehead atoms. The molecule has 0 aromatic heterocycles. The highest BCUT2D eigenvalue weighted by Gasteiger charge is 2.19. The number of benzene rings is 2. The van der Waals surface area contributed by atoms with Crippen LogP contribution in [0.3, 0.4) is 0 Å². The van der Waals surface area contributed by atoms with E-state index in [9.17, 15) is 14.4 Å². The maximum absolute atomic E-state index is 12.4. The summed E-state index contributed by atoms with van der Waals surface area (Å²) in [6.45, 7) is 3.68. The number of hydrazone groups is 1. The fraction of sp³-hybridized carbons (Fsp3) is 0.200. The number of amides is 1. The lowest BCUT2D eigenvalue weighted by atomic mass is 10.0. The molecule has 1 amide bonds. The zero-order valence-electron chi connectivity index (χ0n) is 15.2. The fourth-order valence-electron chi connectivity index (χ4n) is 2.18. The van der Waals surface area contributed by atoms with Crippen molar-refractivity contribution in [1.29, 1.82) is 0 Å². The molecule has 0 fully saturated rings. The normalized spacial score (nSPS) is 11.0. The summed E-state index contributed by atoms with van der Waals surface area (Å²) < 4.78 is 4.92. The van der Waals surface area contributed by atoms with E-state index < -0.39 is 11.9 Å². The molecule has 0 heterocycles. The van der Waals surface area contributed by atoms with Gasteiger partial charge < -0.3 is 10.5 Å². The minimum atomic E-state index is -0.754. The second-order valence-corrected chi connectivity index (χ2v) is 5.81. The summed E-state index contributed by atoms with van der Waals surface area (Å²) in [5.41, 5.74) is 9.99. The zero-order valence-corrected chi connectivity index (χ0v) is 15.2. The van der Waals surface area contributed by atoms with Crippen LogP contribution in [0, 0.1) is 6.92 Å². The number of anilines is 1. The molecular weight excluding hydrogens is 346 g/mol. The average molecular weight is 367 g/mol. The molecule has 0 unspecified atom stereocenters. The number of carbonyl (C=O) groups excluding carboxylic acids is 3. The monoisotopic (exact) mass is 367 g/mol. The highest BCUT2D eigenvalue weighted by molar-refractivity contribution is 6.40. The number of nitrogens with two attached hydrogens (primary N) is 1. The summed E-state index contributed by atoms with van der Waals surface area (Å²) in [5.74, 6) is -1.58. The van der Waals surface area contributed by atoms with Gasteiger partial charge in [-0.3, -0.25) is 9.59 Å². The van der Waals surface area contributed by atoms with E-state index in [1.54, 1.807) is 43.3 Å². The van der Waals surface area contributed by atoms with Gasteiger partial charge in [-0.05, 0) is 38.1 Å². The van der Waals surface area contributed by atoms with Gasteiger partial charge in [0.1, 0.15) is 0 Å². The van der Waals surface area contributed by atoms with Crippen molar-refractivity contribution in [3.05, 3.63) is 65.2 Å². The maximum atomic E-state index is 12.4. The molecule has 2 aromatic rings.